The van der Waals surface area contributed by atoms with Crippen molar-refractivity contribution in [2.45, 2.75) is 31.9 Å². The van der Waals surface area contributed by atoms with Crippen LogP contribution < -0.4 is 15.5 Å². The number of pyridine rings is 1. The standard InChI is InChI=1S/C22H26F3N5O2S/c1-26-19(31)14-10-33-18-15(22(23,24)25)8-16(28-17(14)18)29-6-4-21(5-7-29)11-30(12-21)20(32)27-9-13-2-3-13/h8,10,13H,2-7,9,11-12H2,1H3,(H,26,31)(H,27,32). The number of urea groups is 1. The zero-order valence-electron chi connectivity index (χ0n) is 18.3. The van der Waals surface area contributed by atoms with Crippen LogP contribution in [0.15, 0.2) is 11.4 Å². The number of thiophene rings is 1. The van der Waals surface area contributed by atoms with Gasteiger partial charge >= 0.3 is 12.2 Å². The summed E-state index contributed by atoms with van der Waals surface area (Å²) in [6.07, 6.45) is -0.600. The van der Waals surface area contributed by atoms with Crippen molar-refractivity contribution in [3.05, 3.63) is 22.6 Å². The lowest BCUT2D eigenvalue weighted by Gasteiger charge is -2.54. The van der Waals surface area contributed by atoms with Crippen molar-refractivity contribution in [3.63, 3.8) is 0 Å². The van der Waals surface area contributed by atoms with Crippen molar-refractivity contribution in [1.29, 1.82) is 0 Å². The predicted molar refractivity (Wildman–Crippen MR) is 120 cm³/mol. The monoisotopic (exact) mass is 481 g/mol. The molecule has 11 heteroatoms. The molecule has 1 saturated carbocycles. The van der Waals surface area contributed by atoms with Gasteiger partial charge in [-0.3, -0.25) is 4.79 Å². The van der Waals surface area contributed by atoms with E-state index in [1.807, 2.05) is 9.80 Å². The number of anilines is 1. The highest BCUT2D eigenvalue weighted by atomic mass is 32.1. The van der Waals surface area contributed by atoms with E-state index in [-0.39, 0.29) is 33.0 Å². The van der Waals surface area contributed by atoms with Crippen LogP contribution in [0.25, 0.3) is 10.2 Å². The van der Waals surface area contributed by atoms with Crippen LogP contribution in [-0.2, 0) is 6.18 Å². The molecule has 2 aromatic rings. The topological polar surface area (TPSA) is 77.6 Å². The lowest BCUT2D eigenvalue weighted by atomic mass is 9.72. The number of carbonyl (C=O) groups excluding carboxylic acids is 2. The average Bonchev–Trinajstić information content (AvgIpc) is 3.51. The Bertz CT molecular complexity index is 1080. The number of likely N-dealkylation sites (tertiary alicyclic amines) is 1. The summed E-state index contributed by atoms with van der Waals surface area (Å²) < 4.78 is 41.4. The van der Waals surface area contributed by atoms with Crippen LogP contribution in [0.3, 0.4) is 0 Å². The molecule has 178 valence electrons. The van der Waals surface area contributed by atoms with Gasteiger partial charge in [-0.2, -0.15) is 13.2 Å². The third-order valence-electron chi connectivity index (χ3n) is 7.01. The second kappa shape index (κ2) is 8.03. The van der Waals surface area contributed by atoms with E-state index in [0.29, 0.717) is 32.1 Å². The van der Waals surface area contributed by atoms with Crippen LogP contribution in [-0.4, -0.2) is 61.6 Å². The van der Waals surface area contributed by atoms with E-state index in [4.69, 9.17) is 0 Å². The molecule has 0 unspecified atom stereocenters. The van der Waals surface area contributed by atoms with Crippen molar-refractivity contribution < 1.29 is 22.8 Å². The Morgan fingerprint density at radius 2 is 1.94 bits per heavy atom. The van der Waals surface area contributed by atoms with E-state index in [2.05, 4.69) is 15.6 Å². The van der Waals surface area contributed by atoms with Gasteiger partial charge in [0.1, 0.15) is 5.82 Å². The number of amides is 3. The number of hydrogen-bond donors (Lipinski definition) is 2. The molecule has 3 amide bonds. The van der Waals surface area contributed by atoms with Crippen molar-refractivity contribution in [3.8, 4) is 0 Å². The number of carbonyl (C=O) groups is 2. The van der Waals surface area contributed by atoms with Gasteiger partial charge < -0.3 is 20.4 Å². The Morgan fingerprint density at radius 3 is 2.55 bits per heavy atom. The zero-order chi connectivity index (χ0) is 23.4. The SMILES string of the molecule is CNC(=O)c1csc2c(C(F)(F)F)cc(N3CCC4(CC3)CN(C(=O)NCC3CC3)C4)nc12. The van der Waals surface area contributed by atoms with Gasteiger partial charge in [0.25, 0.3) is 5.91 Å². The summed E-state index contributed by atoms with van der Waals surface area (Å²) in [5.74, 6) is 0.420. The summed E-state index contributed by atoms with van der Waals surface area (Å²) in [6.45, 7) is 3.23. The van der Waals surface area contributed by atoms with Gasteiger partial charge in [0.2, 0.25) is 0 Å². The number of alkyl halides is 3. The molecule has 4 heterocycles. The first-order valence-electron chi connectivity index (χ1n) is 11.2. The Morgan fingerprint density at radius 1 is 1.24 bits per heavy atom. The molecule has 1 spiro atoms. The number of aromatic nitrogens is 1. The van der Waals surface area contributed by atoms with Gasteiger partial charge in [-0.1, -0.05) is 0 Å². The van der Waals surface area contributed by atoms with Crippen molar-refractivity contribution in [2.24, 2.45) is 11.3 Å². The third-order valence-corrected chi connectivity index (χ3v) is 8.02. The van der Waals surface area contributed by atoms with Gasteiger partial charge in [0, 0.05) is 50.6 Å². The Kier molecular flexibility index (Phi) is 5.42. The molecule has 2 saturated heterocycles. The summed E-state index contributed by atoms with van der Waals surface area (Å²) in [6, 6.07) is 1.08. The second-order valence-electron chi connectivity index (χ2n) is 9.40. The van der Waals surface area contributed by atoms with E-state index >= 15 is 0 Å². The molecular weight excluding hydrogens is 455 g/mol. The van der Waals surface area contributed by atoms with E-state index in [0.717, 1.165) is 36.8 Å². The van der Waals surface area contributed by atoms with E-state index in [9.17, 15) is 22.8 Å². The molecule has 3 aliphatic rings. The molecule has 0 aromatic carbocycles. The number of piperidine rings is 1. The van der Waals surface area contributed by atoms with Gasteiger partial charge in [0.15, 0.2) is 0 Å². The van der Waals surface area contributed by atoms with E-state index in [1.54, 1.807) is 0 Å². The quantitative estimate of drug-likeness (QED) is 0.698. The largest absolute Gasteiger partial charge is 0.417 e. The second-order valence-corrected chi connectivity index (χ2v) is 10.3. The first kappa shape index (κ1) is 22.2. The fourth-order valence-electron chi connectivity index (χ4n) is 4.76. The van der Waals surface area contributed by atoms with Crippen LogP contribution in [0.2, 0.25) is 0 Å². The lowest BCUT2D eigenvalue weighted by Crippen LogP contribution is -2.63. The highest BCUT2D eigenvalue weighted by Crippen LogP contribution is 2.44. The molecule has 2 aromatic heterocycles. The molecule has 2 N–H and O–H groups in total. The average molecular weight is 482 g/mol. The molecule has 3 fully saturated rings. The fourth-order valence-corrected chi connectivity index (χ4v) is 5.79. The van der Waals surface area contributed by atoms with Crippen LogP contribution in [0.1, 0.15) is 41.6 Å². The summed E-state index contributed by atoms with van der Waals surface area (Å²) in [5.41, 5.74) is -0.484. The zero-order valence-corrected chi connectivity index (χ0v) is 19.1. The van der Waals surface area contributed by atoms with Crippen LogP contribution in [0, 0.1) is 11.3 Å². The first-order valence-corrected chi connectivity index (χ1v) is 12.1. The molecule has 5 rings (SSSR count). The van der Waals surface area contributed by atoms with Crippen LogP contribution >= 0.6 is 11.3 Å². The maximum Gasteiger partial charge on any atom is 0.417 e. The molecule has 0 bridgehead atoms. The summed E-state index contributed by atoms with van der Waals surface area (Å²) in [7, 11) is 1.44. The summed E-state index contributed by atoms with van der Waals surface area (Å²) >= 11 is 0.886. The molecule has 0 atom stereocenters. The van der Waals surface area contributed by atoms with Crippen molar-refractivity contribution in [1.82, 2.24) is 20.5 Å². The molecule has 0 radical (unpaired) electrons. The molecular formula is C22H26F3N5O2S. The molecule has 2 aliphatic heterocycles. The maximum atomic E-state index is 13.8. The predicted octanol–water partition coefficient (Wildman–Crippen LogP) is 3.70. The number of hydrogen-bond acceptors (Lipinski definition) is 5. The van der Waals surface area contributed by atoms with Crippen molar-refractivity contribution in [2.75, 3.05) is 44.7 Å². The number of halogens is 3. The number of nitrogens with zero attached hydrogens (tertiary/aromatic N) is 3. The number of fused-ring (bicyclic) bond motifs is 1. The minimum Gasteiger partial charge on any atom is -0.357 e. The van der Waals surface area contributed by atoms with Crippen LogP contribution in [0.5, 0.6) is 0 Å². The normalized spacial score (nSPS) is 20.1. The van der Waals surface area contributed by atoms with Gasteiger partial charge in [-0.15, -0.1) is 11.3 Å². The van der Waals surface area contributed by atoms with Gasteiger partial charge in [-0.05, 0) is 37.7 Å². The van der Waals surface area contributed by atoms with Gasteiger partial charge in [-0.25, -0.2) is 9.78 Å². The number of nitrogens with one attached hydrogen (secondary N) is 2. The van der Waals surface area contributed by atoms with Crippen molar-refractivity contribution >= 4 is 39.3 Å². The highest BCUT2D eigenvalue weighted by Gasteiger charge is 2.47. The van der Waals surface area contributed by atoms with Gasteiger partial charge in [0.05, 0.1) is 21.3 Å². The first-order chi connectivity index (χ1) is 15.7. The van der Waals surface area contributed by atoms with E-state index in [1.165, 1.54) is 25.3 Å². The summed E-state index contributed by atoms with van der Waals surface area (Å²) in [5, 5.41) is 6.88. The minimum atomic E-state index is -4.54. The fraction of sp³-hybridized carbons (Fsp3) is 0.591. The lowest BCUT2D eigenvalue weighted by molar-refractivity contribution is -0.136. The number of rotatable bonds is 4. The Hall–Kier alpha value is -2.56. The Balaban J connectivity index is 1.30. The maximum absolute atomic E-state index is 13.8. The summed E-state index contributed by atoms with van der Waals surface area (Å²) in [4.78, 5) is 32.6. The molecule has 7 nitrogen and oxygen atoms in total. The minimum absolute atomic E-state index is 0.0175. The van der Waals surface area contributed by atoms with E-state index < -0.39 is 17.6 Å². The van der Waals surface area contributed by atoms with Crippen LogP contribution in [0.4, 0.5) is 23.8 Å². The third kappa shape index (κ3) is 4.22. The molecule has 1 aliphatic carbocycles. The Labute approximate surface area is 193 Å². The smallest absolute Gasteiger partial charge is 0.357 e. The highest BCUT2D eigenvalue weighted by molar-refractivity contribution is 7.17. The molecule has 33 heavy (non-hydrogen) atoms.